The minimum absolute atomic E-state index is 0.134. The molecule has 0 amide bonds. The van der Waals surface area contributed by atoms with Crippen molar-refractivity contribution in [2.75, 3.05) is 0 Å². The number of hydrogen-bond donors (Lipinski definition) is 0. The van der Waals surface area contributed by atoms with Crippen molar-refractivity contribution in [2.45, 2.75) is 20.0 Å². The molecule has 0 saturated heterocycles. The van der Waals surface area contributed by atoms with Gasteiger partial charge in [-0.2, -0.15) is 5.10 Å². The van der Waals surface area contributed by atoms with Crippen molar-refractivity contribution in [1.29, 1.82) is 0 Å². The van der Waals surface area contributed by atoms with Crippen LogP contribution >= 0.6 is 22.6 Å². The van der Waals surface area contributed by atoms with Gasteiger partial charge in [0.25, 0.3) is 0 Å². The highest BCUT2D eigenvalue weighted by molar-refractivity contribution is 14.1. The Morgan fingerprint density at radius 1 is 1.43 bits per heavy atom. The normalized spacial score (nSPS) is 11.1. The lowest BCUT2D eigenvalue weighted by molar-refractivity contribution is 0.231. The highest BCUT2D eigenvalue weighted by Gasteiger charge is 2.04. The molecule has 0 radical (unpaired) electrons. The first-order chi connectivity index (χ1) is 6.66. The lowest BCUT2D eigenvalue weighted by Crippen LogP contribution is -2.07. The van der Waals surface area contributed by atoms with Gasteiger partial charge in [0, 0.05) is 0 Å². The molecule has 0 unspecified atom stereocenters. The van der Waals surface area contributed by atoms with Crippen LogP contribution in [0.5, 0.6) is 5.88 Å². The van der Waals surface area contributed by atoms with E-state index in [4.69, 9.17) is 4.74 Å². The van der Waals surface area contributed by atoms with E-state index in [1.807, 2.05) is 13.8 Å². The van der Waals surface area contributed by atoms with Crippen LogP contribution in [0.25, 0.3) is 5.52 Å². The number of nitrogens with zero attached hydrogens (tertiary/aromatic N) is 3. The number of fused-ring (bicyclic) bond motifs is 1. The maximum absolute atomic E-state index is 5.46. The molecule has 0 fully saturated rings. The van der Waals surface area contributed by atoms with Gasteiger partial charge in [0.05, 0.1) is 33.8 Å². The van der Waals surface area contributed by atoms with Gasteiger partial charge in [-0.15, -0.1) is 0 Å². The quantitative estimate of drug-likeness (QED) is 0.798. The molecule has 4 nitrogen and oxygen atoms in total. The first-order valence-corrected chi connectivity index (χ1v) is 5.40. The van der Waals surface area contributed by atoms with E-state index in [2.05, 4.69) is 32.7 Å². The monoisotopic (exact) mass is 303 g/mol. The topological polar surface area (TPSA) is 39.4 Å². The lowest BCUT2D eigenvalue weighted by Gasteiger charge is -2.07. The van der Waals surface area contributed by atoms with Crippen molar-refractivity contribution in [1.82, 2.24) is 14.6 Å². The van der Waals surface area contributed by atoms with Crippen molar-refractivity contribution in [3.05, 3.63) is 22.2 Å². The second-order valence-electron chi connectivity index (χ2n) is 3.21. The highest BCUT2D eigenvalue weighted by Crippen LogP contribution is 2.15. The summed E-state index contributed by atoms with van der Waals surface area (Å²) in [4.78, 5) is 4.19. The summed E-state index contributed by atoms with van der Waals surface area (Å²) in [6, 6.07) is 0. The Hall–Kier alpha value is -0.850. The molecule has 2 heterocycles. The van der Waals surface area contributed by atoms with E-state index in [1.165, 1.54) is 0 Å². The molecule has 0 spiro atoms. The molecular weight excluding hydrogens is 293 g/mol. The minimum atomic E-state index is 0.134. The van der Waals surface area contributed by atoms with Gasteiger partial charge in [0.1, 0.15) is 0 Å². The molecule has 5 heteroatoms. The number of hydrogen-bond acceptors (Lipinski definition) is 3. The number of halogens is 1. The van der Waals surface area contributed by atoms with Crippen LogP contribution in [-0.4, -0.2) is 20.7 Å². The molecule has 0 aliphatic carbocycles. The second-order valence-corrected chi connectivity index (χ2v) is 4.38. The highest BCUT2D eigenvalue weighted by atomic mass is 127. The van der Waals surface area contributed by atoms with Crippen LogP contribution in [0.3, 0.4) is 0 Å². The van der Waals surface area contributed by atoms with Crippen LogP contribution in [0.15, 0.2) is 18.6 Å². The molecule has 0 N–H and O–H groups in total. The average molecular weight is 303 g/mol. The first kappa shape index (κ1) is 9.70. The zero-order chi connectivity index (χ0) is 10.1. The summed E-state index contributed by atoms with van der Waals surface area (Å²) in [5, 5.41) is 4.18. The first-order valence-electron chi connectivity index (χ1n) is 4.32. The van der Waals surface area contributed by atoms with E-state index >= 15 is 0 Å². The van der Waals surface area contributed by atoms with Crippen LogP contribution in [0.4, 0.5) is 0 Å². The Labute approximate surface area is 95.4 Å². The number of rotatable bonds is 2. The third kappa shape index (κ3) is 1.82. The zero-order valence-corrected chi connectivity index (χ0v) is 10.1. The fraction of sp³-hybridized carbons (Fsp3) is 0.333. The van der Waals surface area contributed by atoms with E-state index in [-0.39, 0.29) is 6.10 Å². The van der Waals surface area contributed by atoms with Crippen LogP contribution in [-0.2, 0) is 0 Å². The summed E-state index contributed by atoms with van der Waals surface area (Å²) in [6.45, 7) is 3.94. The van der Waals surface area contributed by atoms with Gasteiger partial charge in [-0.3, -0.25) is 0 Å². The van der Waals surface area contributed by atoms with Gasteiger partial charge in [0.15, 0.2) is 0 Å². The average Bonchev–Trinajstić information content (AvgIpc) is 2.46. The molecule has 0 atom stereocenters. The number of ether oxygens (including phenoxy) is 1. The Kier molecular flexibility index (Phi) is 2.58. The Morgan fingerprint density at radius 3 is 2.93 bits per heavy atom. The predicted octanol–water partition coefficient (Wildman–Crippen LogP) is 2.12. The molecule has 0 bridgehead atoms. The lowest BCUT2D eigenvalue weighted by atomic mass is 10.5. The molecule has 74 valence electrons. The van der Waals surface area contributed by atoms with E-state index in [9.17, 15) is 0 Å². The van der Waals surface area contributed by atoms with Gasteiger partial charge < -0.3 is 4.74 Å². The van der Waals surface area contributed by atoms with Crippen molar-refractivity contribution in [2.24, 2.45) is 0 Å². The van der Waals surface area contributed by atoms with Gasteiger partial charge in [-0.25, -0.2) is 9.50 Å². The summed E-state index contributed by atoms with van der Waals surface area (Å²) in [5.41, 5.74) is 1.00. The van der Waals surface area contributed by atoms with Crippen LogP contribution in [0, 0.1) is 3.57 Å². The molecule has 0 aromatic carbocycles. The Balaban J connectivity index is 2.42. The molecular formula is C9H10IN3O. The predicted molar refractivity (Wildman–Crippen MR) is 61.5 cm³/mol. The standard InChI is InChI=1S/C9H10IN3O/c1-6(2)14-9-5-13-8(4-11-9)7(10)3-12-13/h3-6H,1-2H3. The molecule has 2 aromatic rings. The van der Waals surface area contributed by atoms with E-state index in [0.717, 1.165) is 9.09 Å². The van der Waals surface area contributed by atoms with Crippen molar-refractivity contribution >= 4 is 28.1 Å². The summed E-state index contributed by atoms with van der Waals surface area (Å²) in [6.07, 6.45) is 5.50. The van der Waals surface area contributed by atoms with Gasteiger partial charge >= 0.3 is 0 Å². The molecule has 0 aliphatic rings. The summed E-state index contributed by atoms with van der Waals surface area (Å²) in [5.74, 6) is 0.604. The third-order valence-electron chi connectivity index (χ3n) is 1.69. The SMILES string of the molecule is CC(C)Oc1cn2ncc(I)c2cn1. The molecule has 2 aromatic heterocycles. The van der Waals surface area contributed by atoms with Crippen molar-refractivity contribution < 1.29 is 4.74 Å². The summed E-state index contributed by atoms with van der Waals surface area (Å²) >= 11 is 2.23. The van der Waals surface area contributed by atoms with Gasteiger partial charge in [-0.1, -0.05) is 0 Å². The number of aromatic nitrogens is 3. The molecule has 14 heavy (non-hydrogen) atoms. The van der Waals surface area contributed by atoms with Crippen molar-refractivity contribution in [3.8, 4) is 5.88 Å². The van der Waals surface area contributed by atoms with E-state index in [0.29, 0.717) is 5.88 Å². The largest absolute Gasteiger partial charge is 0.474 e. The van der Waals surface area contributed by atoms with Crippen LogP contribution in [0.1, 0.15) is 13.8 Å². The van der Waals surface area contributed by atoms with Crippen LogP contribution in [0.2, 0.25) is 0 Å². The van der Waals surface area contributed by atoms with Crippen LogP contribution < -0.4 is 4.74 Å². The maximum atomic E-state index is 5.46. The fourth-order valence-corrected chi connectivity index (χ4v) is 1.65. The zero-order valence-electron chi connectivity index (χ0n) is 7.94. The molecule has 0 saturated carbocycles. The van der Waals surface area contributed by atoms with Crippen molar-refractivity contribution in [3.63, 3.8) is 0 Å². The van der Waals surface area contributed by atoms with Gasteiger partial charge in [-0.05, 0) is 36.4 Å². The second kappa shape index (κ2) is 3.72. The Bertz CT molecular complexity index is 452. The summed E-state index contributed by atoms with van der Waals surface area (Å²) < 4.78 is 8.32. The third-order valence-corrected chi connectivity index (χ3v) is 2.52. The maximum Gasteiger partial charge on any atom is 0.232 e. The smallest absolute Gasteiger partial charge is 0.232 e. The fourth-order valence-electron chi connectivity index (χ4n) is 1.14. The molecule has 0 aliphatic heterocycles. The summed E-state index contributed by atoms with van der Waals surface area (Å²) in [7, 11) is 0. The minimum Gasteiger partial charge on any atom is -0.474 e. The van der Waals surface area contributed by atoms with Gasteiger partial charge in [0.2, 0.25) is 5.88 Å². The van der Waals surface area contributed by atoms with E-state index in [1.54, 1.807) is 23.1 Å². The Morgan fingerprint density at radius 2 is 2.21 bits per heavy atom. The van der Waals surface area contributed by atoms with E-state index < -0.39 is 0 Å². The molecule has 2 rings (SSSR count).